The fourth-order valence-electron chi connectivity index (χ4n) is 2.74. The lowest BCUT2D eigenvalue weighted by atomic mass is 9.87. The Morgan fingerprint density at radius 2 is 1.76 bits per heavy atom. The lowest BCUT2D eigenvalue weighted by Gasteiger charge is -2.19. The van der Waals surface area contributed by atoms with Gasteiger partial charge in [-0.15, -0.1) is 0 Å². The molecule has 1 heterocycles. The van der Waals surface area contributed by atoms with Crippen LogP contribution in [-0.4, -0.2) is 29.2 Å². The Hall–Kier alpha value is -3.15. The molecule has 6 nitrogen and oxygen atoms in total. The van der Waals surface area contributed by atoms with Gasteiger partial charge in [-0.05, 0) is 30.0 Å². The highest BCUT2D eigenvalue weighted by molar-refractivity contribution is 5.77. The number of hydrogen-bond acceptors (Lipinski definition) is 5. The van der Waals surface area contributed by atoms with Gasteiger partial charge in [0.15, 0.2) is 6.61 Å². The molecule has 1 amide bonds. The van der Waals surface area contributed by atoms with Crippen LogP contribution in [0.2, 0.25) is 0 Å². The lowest BCUT2D eigenvalue weighted by Crippen LogP contribution is -2.30. The van der Waals surface area contributed by atoms with Crippen LogP contribution in [-0.2, 0) is 16.6 Å². The number of nitrogens with one attached hydrogen (secondary N) is 1. The molecule has 0 radical (unpaired) electrons. The summed E-state index contributed by atoms with van der Waals surface area (Å²) in [5.41, 5.74) is 3.39. The molecule has 0 fully saturated rings. The summed E-state index contributed by atoms with van der Waals surface area (Å²) in [5.74, 6) is 1.52. The van der Waals surface area contributed by atoms with Crippen molar-refractivity contribution in [2.45, 2.75) is 39.5 Å². The molecule has 0 bridgehead atoms. The van der Waals surface area contributed by atoms with Gasteiger partial charge in [0, 0.05) is 18.5 Å². The van der Waals surface area contributed by atoms with E-state index in [9.17, 15) is 4.79 Å². The summed E-state index contributed by atoms with van der Waals surface area (Å²) in [6.07, 6.45) is 0.463. The van der Waals surface area contributed by atoms with Gasteiger partial charge in [-0.25, -0.2) is 0 Å². The van der Waals surface area contributed by atoms with Crippen molar-refractivity contribution in [1.29, 1.82) is 0 Å². The molecule has 152 valence electrons. The number of nitrogens with zero attached hydrogens (tertiary/aromatic N) is 2. The summed E-state index contributed by atoms with van der Waals surface area (Å²) >= 11 is 0. The topological polar surface area (TPSA) is 77.2 Å². The van der Waals surface area contributed by atoms with E-state index in [4.69, 9.17) is 9.26 Å². The third-order valence-electron chi connectivity index (χ3n) is 4.53. The zero-order valence-electron chi connectivity index (χ0n) is 17.4. The first kappa shape index (κ1) is 20.6. The third kappa shape index (κ3) is 5.91. The van der Waals surface area contributed by atoms with Gasteiger partial charge in [0.2, 0.25) is 11.7 Å². The molecule has 0 saturated carbocycles. The number of aryl methyl sites for hydroxylation is 1. The van der Waals surface area contributed by atoms with Crippen LogP contribution in [0, 0.1) is 6.92 Å². The van der Waals surface area contributed by atoms with Crippen LogP contribution in [0.4, 0.5) is 0 Å². The summed E-state index contributed by atoms with van der Waals surface area (Å²) in [5, 5.41) is 6.79. The number of ether oxygens (including phenoxy) is 1. The van der Waals surface area contributed by atoms with Gasteiger partial charge in [-0.3, -0.25) is 4.79 Å². The molecule has 2 aromatic carbocycles. The number of amides is 1. The summed E-state index contributed by atoms with van der Waals surface area (Å²) in [4.78, 5) is 16.4. The van der Waals surface area contributed by atoms with Crippen molar-refractivity contribution in [2.24, 2.45) is 0 Å². The van der Waals surface area contributed by atoms with Crippen molar-refractivity contribution in [1.82, 2.24) is 15.5 Å². The van der Waals surface area contributed by atoms with E-state index in [1.165, 1.54) is 11.1 Å². The largest absolute Gasteiger partial charge is 0.484 e. The van der Waals surface area contributed by atoms with Crippen molar-refractivity contribution >= 4 is 5.91 Å². The molecule has 3 aromatic rings. The van der Waals surface area contributed by atoms with Gasteiger partial charge < -0.3 is 14.6 Å². The Kier molecular flexibility index (Phi) is 6.32. The van der Waals surface area contributed by atoms with Crippen LogP contribution in [0.1, 0.15) is 37.8 Å². The molecule has 6 heteroatoms. The van der Waals surface area contributed by atoms with Crippen LogP contribution in [0.5, 0.6) is 5.75 Å². The summed E-state index contributed by atoms with van der Waals surface area (Å²) in [6.45, 7) is 8.86. The third-order valence-corrected chi connectivity index (χ3v) is 4.53. The number of benzene rings is 2. The highest BCUT2D eigenvalue weighted by Gasteiger charge is 2.13. The molecule has 0 saturated heterocycles. The van der Waals surface area contributed by atoms with Gasteiger partial charge in [0.25, 0.3) is 5.91 Å². The second-order valence-corrected chi connectivity index (χ2v) is 8.04. The van der Waals surface area contributed by atoms with Gasteiger partial charge >= 0.3 is 0 Å². The fraction of sp³-hybridized carbons (Fsp3) is 0.348. The highest BCUT2D eigenvalue weighted by atomic mass is 16.5. The first-order chi connectivity index (χ1) is 13.8. The van der Waals surface area contributed by atoms with Crippen molar-refractivity contribution in [2.75, 3.05) is 13.2 Å². The predicted molar refractivity (Wildman–Crippen MR) is 112 cm³/mol. The SMILES string of the molecule is Cc1ccc(-c2noc(CCNC(=O)COc3ccc(C(C)(C)C)cc3)n2)cc1. The normalized spacial score (nSPS) is 11.3. The molecule has 3 rings (SSSR count). The van der Waals surface area contributed by atoms with Crippen LogP contribution in [0.3, 0.4) is 0 Å². The van der Waals surface area contributed by atoms with E-state index >= 15 is 0 Å². The van der Waals surface area contributed by atoms with Crippen molar-refractivity contribution in [3.05, 3.63) is 65.5 Å². The Morgan fingerprint density at radius 3 is 2.41 bits per heavy atom. The molecule has 0 unspecified atom stereocenters. The Morgan fingerprint density at radius 1 is 1.07 bits per heavy atom. The summed E-state index contributed by atoms with van der Waals surface area (Å²) in [6, 6.07) is 15.7. The first-order valence-corrected chi connectivity index (χ1v) is 9.71. The fourth-order valence-corrected chi connectivity index (χ4v) is 2.74. The van der Waals surface area contributed by atoms with Gasteiger partial charge in [-0.2, -0.15) is 4.98 Å². The minimum Gasteiger partial charge on any atom is -0.484 e. The molecular formula is C23H27N3O3. The summed E-state index contributed by atoms with van der Waals surface area (Å²) in [7, 11) is 0. The minimum atomic E-state index is -0.192. The number of carbonyl (C=O) groups excluding carboxylic acids is 1. The zero-order valence-corrected chi connectivity index (χ0v) is 17.4. The minimum absolute atomic E-state index is 0.0344. The van der Waals surface area contributed by atoms with E-state index in [1.807, 2.05) is 55.5 Å². The van der Waals surface area contributed by atoms with E-state index in [-0.39, 0.29) is 17.9 Å². The van der Waals surface area contributed by atoms with Crippen LogP contribution < -0.4 is 10.1 Å². The Bertz CT molecular complexity index is 939. The van der Waals surface area contributed by atoms with Crippen molar-refractivity contribution < 1.29 is 14.1 Å². The Labute approximate surface area is 171 Å². The number of hydrogen-bond donors (Lipinski definition) is 1. The first-order valence-electron chi connectivity index (χ1n) is 9.71. The average Bonchev–Trinajstić information content (AvgIpc) is 3.15. The lowest BCUT2D eigenvalue weighted by molar-refractivity contribution is -0.123. The standard InChI is InChI=1S/C23H27N3O3/c1-16-5-7-17(8-6-16)22-25-21(29-26-22)13-14-24-20(27)15-28-19-11-9-18(10-12-19)23(2,3)4/h5-12H,13-15H2,1-4H3,(H,24,27). The Balaban J connectivity index is 1.41. The van der Waals surface area contributed by atoms with Crippen molar-refractivity contribution in [3.8, 4) is 17.1 Å². The molecule has 1 N–H and O–H groups in total. The molecule has 1 aromatic heterocycles. The van der Waals surface area contributed by atoms with E-state index in [0.717, 1.165) is 5.56 Å². The average molecular weight is 393 g/mol. The molecule has 0 spiro atoms. The monoisotopic (exact) mass is 393 g/mol. The van der Waals surface area contributed by atoms with Crippen molar-refractivity contribution in [3.63, 3.8) is 0 Å². The molecule has 29 heavy (non-hydrogen) atoms. The van der Waals surface area contributed by atoms with Crippen LogP contribution in [0.25, 0.3) is 11.4 Å². The molecule has 0 aliphatic carbocycles. The van der Waals surface area contributed by atoms with Crippen LogP contribution >= 0.6 is 0 Å². The number of rotatable bonds is 7. The van der Waals surface area contributed by atoms with E-state index in [2.05, 4.69) is 36.2 Å². The molecule has 0 aliphatic heterocycles. The molecule has 0 aliphatic rings. The van der Waals surface area contributed by atoms with E-state index in [1.54, 1.807) is 0 Å². The number of aromatic nitrogens is 2. The van der Waals surface area contributed by atoms with E-state index in [0.29, 0.717) is 30.4 Å². The number of carbonyl (C=O) groups is 1. The highest BCUT2D eigenvalue weighted by Crippen LogP contribution is 2.24. The van der Waals surface area contributed by atoms with Crippen LogP contribution in [0.15, 0.2) is 53.1 Å². The van der Waals surface area contributed by atoms with E-state index < -0.39 is 0 Å². The van der Waals surface area contributed by atoms with Gasteiger partial charge in [-0.1, -0.05) is 67.9 Å². The smallest absolute Gasteiger partial charge is 0.257 e. The predicted octanol–water partition coefficient (Wildman–Crippen LogP) is 4.08. The zero-order chi connectivity index (χ0) is 20.9. The quantitative estimate of drug-likeness (QED) is 0.654. The maximum absolute atomic E-state index is 12.0. The molecule has 0 atom stereocenters. The maximum atomic E-state index is 12.0. The second-order valence-electron chi connectivity index (χ2n) is 8.04. The van der Waals surface area contributed by atoms with Gasteiger partial charge in [0.05, 0.1) is 0 Å². The molecular weight excluding hydrogens is 366 g/mol. The second kappa shape index (κ2) is 8.90. The summed E-state index contributed by atoms with van der Waals surface area (Å²) < 4.78 is 10.8. The maximum Gasteiger partial charge on any atom is 0.257 e. The van der Waals surface area contributed by atoms with Gasteiger partial charge in [0.1, 0.15) is 5.75 Å².